The van der Waals surface area contributed by atoms with E-state index < -0.39 is 0 Å². The highest BCUT2D eigenvalue weighted by Crippen LogP contribution is 2.08. The molecule has 0 bridgehead atoms. The summed E-state index contributed by atoms with van der Waals surface area (Å²) in [5.41, 5.74) is 2.68. The first-order valence-electron chi connectivity index (χ1n) is 4.87. The van der Waals surface area contributed by atoms with E-state index in [0.29, 0.717) is 0 Å². The van der Waals surface area contributed by atoms with E-state index in [1.165, 1.54) is 24.1 Å². The van der Waals surface area contributed by atoms with Crippen LogP contribution >= 0.6 is 0 Å². The number of nitrogens with zero attached hydrogens (tertiary/aromatic N) is 2. The number of rotatable bonds is 5. The summed E-state index contributed by atoms with van der Waals surface area (Å²) in [5.74, 6) is 0. The third kappa shape index (κ3) is 2.84. The predicted octanol–water partition coefficient (Wildman–Crippen LogP) is 1.27. The van der Waals surface area contributed by atoms with Crippen LogP contribution in [0, 0.1) is 6.92 Å². The van der Waals surface area contributed by atoms with Crippen molar-refractivity contribution in [1.29, 1.82) is 0 Å². The van der Waals surface area contributed by atoms with E-state index >= 15 is 0 Å². The molecule has 0 saturated heterocycles. The van der Waals surface area contributed by atoms with Crippen molar-refractivity contribution in [2.45, 2.75) is 26.2 Å². The van der Waals surface area contributed by atoms with Crippen molar-refractivity contribution in [2.24, 2.45) is 7.05 Å². The second-order valence-corrected chi connectivity index (χ2v) is 3.44. The molecule has 1 rings (SSSR count). The molecule has 0 aliphatic carbocycles. The van der Waals surface area contributed by atoms with E-state index in [1.54, 1.807) is 0 Å². The van der Waals surface area contributed by atoms with Crippen LogP contribution in [-0.4, -0.2) is 23.4 Å². The zero-order valence-electron chi connectivity index (χ0n) is 8.80. The first kappa shape index (κ1) is 10.3. The van der Waals surface area contributed by atoms with Gasteiger partial charge < -0.3 is 5.32 Å². The highest BCUT2D eigenvalue weighted by atomic mass is 15.3. The Bertz CT molecular complexity index is 253. The first-order chi connectivity index (χ1) is 6.25. The number of nitrogens with one attached hydrogen (secondary N) is 1. The second kappa shape index (κ2) is 5.02. The number of aromatic nitrogens is 2. The van der Waals surface area contributed by atoms with Gasteiger partial charge in [-0.25, -0.2) is 0 Å². The van der Waals surface area contributed by atoms with Crippen LogP contribution < -0.4 is 5.32 Å². The van der Waals surface area contributed by atoms with Crippen LogP contribution in [0.5, 0.6) is 0 Å². The van der Waals surface area contributed by atoms with Gasteiger partial charge in [-0.15, -0.1) is 0 Å². The molecule has 0 aliphatic heterocycles. The summed E-state index contributed by atoms with van der Waals surface area (Å²) in [6.45, 7) is 3.24. The summed E-state index contributed by atoms with van der Waals surface area (Å²) in [6.07, 6.45) is 5.62. The molecule has 0 spiro atoms. The van der Waals surface area contributed by atoms with Crippen molar-refractivity contribution >= 4 is 0 Å². The minimum atomic E-state index is 1.11. The Morgan fingerprint density at radius 3 is 2.77 bits per heavy atom. The molecular formula is C10H19N3. The highest BCUT2D eigenvalue weighted by molar-refractivity contribution is 5.15. The lowest BCUT2D eigenvalue weighted by Gasteiger charge is -2.00. The Hall–Kier alpha value is -0.830. The van der Waals surface area contributed by atoms with Gasteiger partial charge in [-0.3, -0.25) is 4.68 Å². The Morgan fingerprint density at radius 1 is 1.46 bits per heavy atom. The van der Waals surface area contributed by atoms with Crippen LogP contribution in [0.3, 0.4) is 0 Å². The van der Waals surface area contributed by atoms with E-state index in [2.05, 4.69) is 17.3 Å². The van der Waals surface area contributed by atoms with Gasteiger partial charge in [0, 0.05) is 12.7 Å². The van der Waals surface area contributed by atoms with Crippen LogP contribution in [-0.2, 0) is 13.5 Å². The molecule has 74 valence electrons. The maximum atomic E-state index is 4.22. The molecule has 0 radical (unpaired) electrons. The minimum Gasteiger partial charge on any atom is -0.320 e. The monoisotopic (exact) mass is 181 g/mol. The van der Waals surface area contributed by atoms with Gasteiger partial charge in [0.1, 0.15) is 0 Å². The average molecular weight is 181 g/mol. The van der Waals surface area contributed by atoms with Crippen LogP contribution in [0.2, 0.25) is 0 Å². The van der Waals surface area contributed by atoms with Crippen molar-refractivity contribution in [3.05, 3.63) is 17.5 Å². The minimum absolute atomic E-state index is 1.11. The van der Waals surface area contributed by atoms with Crippen LogP contribution in [0.1, 0.15) is 24.1 Å². The molecule has 1 N–H and O–H groups in total. The molecule has 1 heterocycles. The van der Waals surface area contributed by atoms with Crippen LogP contribution in [0.25, 0.3) is 0 Å². The predicted molar refractivity (Wildman–Crippen MR) is 54.8 cm³/mol. The fourth-order valence-corrected chi connectivity index (χ4v) is 1.41. The van der Waals surface area contributed by atoms with E-state index in [4.69, 9.17) is 0 Å². The lowest BCUT2D eigenvalue weighted by Crippen LogP contribution is -2.07. The third-order valence-corrected chi connectivity index (χ3v) is 2.46. The van der Waals surface area contributed by atoms with Gasteiger partial charge in [-0.1, -0.05) is 0 Å². The van der Waals surface area contributed by atoms with Gasteiger partial charge in [0.2, 0.25) is 0 Å². The summed E-state index contributed by atoms with van der Waals surface area (Å²) >= 11 is 0. The van der Waals surface area contributed by atoms with Gasteiger partial charge in [-0.05, 0) is 45.3 Å². The maximum absolute atomic E-state index is 4.22. The van der Waals surface area contributed by atoms with E-state index in [9.17, 15) is 0 Å². The molecule has 0 aliphatic rings. The van der Waals surface area contributed by atoms with Crippen LogP contribution in [0.4, 0.5) is 0 Å². The Kier molecular flexibility index (Phi) is 3.96. The molecule has 0 unspecified atom stereocenters. The smallest absolute Gasteiger partial charge is 0.0524 e. The van der Waals surface area contributed by atoms with Gasteiger partial charge in [0.15, 0.2) is 0 Å². The van der Waals surface area contributed by atoms with Crippen molar-refractivity contribution in [3.8, 4) is 0 Å². The Labute approximate surface area is 80.1 Å². The van der Waals surface area contributed by atoms with E-state index in [1.807, 2.05) is 25.0 Å². The number of aryl methyl sites for hydroxylation is 2. The lowest BCUT2D eigenvalue weighted by atomic mass is 10.1. The summed E-state index contributed by atoms with van der Waals surface area (Å²) in [5, 5.41) is 7.37. The topological polar surface area (TPSA) is 29.9 Å². The summed E-state index contributed by atoms with van der Waals surface area (Å²) < 4.78 is 1.94. The van der Waals surface area contributed by atoms with E-state index in [0.717, 1.165) is 13.0 Å². The normalized spacial score (nSPS) is 10.7. The molecule has 0 atom stereocenters. The molecule has 1 aromatic heterocycles. The quantitative estimate of drug-likeness (QED) is 0.693. The number of hydrogen-bond acceptors (Lipinski definition) is 2. The van der Waals surface area contributed by atoms with Crippen LogP contribution in [0.15, 0.2) is 6.20 Å². The largest absolute Gasteiger partial charge is 0.320 e. The maximum Gasteiger partial charge on any atom is 0.0524 e. The molecule has 3 nitrogen and oxygen atoms in total. The second-order valence-electron chi connectivity index (χ2n) is 3.44. The van der Waals surface area contributed by atoms with Gasteiger partial charge in [0.25, 0.3) is 0 Å². The standard InChI is InChI=1S/C10H19N3/c1-9-10(8-12-13(9)3)6-4-5-7-11-2/h8,11H,4-7H2,1-3H3. The fourth-order valence-electron chi connectivity index (χ4n) is 1.41. The van der Waals surface area contributed by atoms with E-state index in [-0.39, 0.29) is 0 Å². The summed E-state index contributed by atoms with van der Waals surface area (Å²) in [4.78, 5) is 0. The summed E-state index contributed by atoms with van der Waals surface area (Å²) in [7, 11) is 3.99. The zero-order valence-corrected chi connectivity index (χ0v) is 8.80. The highest BCUT2D eigenvalue weighted by Gasteiger charge is 2.01. The van der Waals surface area contributed by atoms with Crippen molar-refractivity contribution in [2.75, 3.05) is 13.6 Å². The Morgan fingerprint density at radius 2 is 2.23 bits per heavy atom. The molecule has 0 aromatic carbocycles. The molecule has 13 heavy (non-hydrogen) atoms. The molecule has 1 aromatic rings. The molecule has 0 amide bonds. The molecule has 3 heteroatoms. The number of unbranched alkanes of at least 4 members (excludes halogenated alkanes) is 1. The molecule has 0 fully saturated rings. The average Bonchev–Trinajstić information content (AvgIpc) is 2.43. The van der Waals surface area contributed by atoms with Crippen molar-refractivity contribution in [3.63, 3.8) is 0 Å². The van der Waals surface area contributed by atoms with Gasteiger partial charge in [-0.2, -0.15) is 5.10 Å². The summed E-state index contributed by atoms with van der Waals surface area (Å²) in [6, 6.07) is 0. The zero-order chi connectivity index (χ0) is 9.68. The van der Waals surface area contributed by atoms with Crippen molar-refractivity contribution in [1.82, 2.24) is 15.1 Å². The molecular weight excluding hydrogens is 162 g/mol. The SMILES string of the molecule is CNCCCCc1cnn(C)c1C. The Balaban J connectivity index is 2.32. The van der Waals surface area contributed by atoms with Gasteiger partial charge >= 0.3 is 0 Å². The molecule has 0 saturated carbocycles. The fraction of sp³-hybridized carbons (Fsp3) is 0.700. The first-order valence-corrected chi connectivity index (χ1v) is 4.87. The van der Waals surface area contributed by atoms with Crippen molar-refractivity contribution < 1.29 is 0 Å². The number of hydrogen-bond donors (Lipinski definition) is 1. The van der Waals surface area contributed by atoms with Gasteiger partial charge in [0.05, 0.1) is 6.20 Å². The third-order valence-electron chi connectivity index (χ3n) is 2.46. The lowest BCUT2D eigenvalue weighted by molar-refractivity contribution is 0.674.